The van der Waals surface area contributed by atoms with Crippen LogP contribution in [-0.2, 0) is 14.3 Å². The molecule has 0 saturated carbocycles. The van der Waals surface area contributed by atoms with E-state index in [9.17, 15) is 4.79 Å². The Hall–Kier alpha value is -1.43. The number of aliphatic hydroxyl groups excluding tert-OH is 1. The highest BCUT2D eigenvalue weighted by Crippen LogP contribution is 2.34. The van der Waals surface area contributed by atoms with Gasteiger partial charge in [0.2, 0.25) is 0 Å². The number of hydrogen-bond donors (Lipinski definition) is 1. The van der Waals surface area contributed by atoms with E-state index < -0.39 is 11.9 Å². The van der Waals surface area contributed by atoms with Crippen molar-refractivity contribution in [2.24, 2.45) is 0 Å². The number of amides is 1. The van der Waals surface area contributed by atoms with E-state index >= 15 is 0 Å². The zero-order valence-corrected chi connectivity index (χ0v) is 13.5. The lowest BCUT2D eigenvalue weighted by atomic mass is 10.0. The van der Waals surface area contributed by atoms with Gasteiger partial charge in [0.25, 0.3) is 5.91 Å². The monoisotopic (exact) mass is 307 g/mol. The van der Waals surface area contributed by atoms with Gasteiger partial charge >= 0.3 is 0 Å². The molecule has 0 bridgehead atoms. The van der Waals surface area contributed by atoms with Crippen molar-refractivity contribution in [3.63, 3.8) is 0 Å². The number of hydrogen-bond acceptors (Lipinski definition) is 4. The molecule has 1 N–H and O–H groups in total. The van der Waals surface area contributed by atoms with Crippen molar-refractivity contribution in [3.05, 3.63) is 35.9 Å². The molecule has 2 aliphatic rings. The number of carbonyl (C=O) groups is 1. The Bertz CT molecular complexity index is 489. The van der Waals surface area contributed by atoms with Gasteiger partial charge in [-0.3, -0.25) is 4.79 Å². The lowest BCUT2D eigenvalue weighted by molar-refractivity contribution is -0.160. The Morgan fingerprint density at radius 1 is 1.27 bits per heavy atom. The highest BCUT2D eigenvalue weighted by molar-refractivity contribution is 5.82. The van der Waals surface area contributed by atoms with Gasteiger partial charge < -0.3 is 19.5 Å². The first-order valence-corrected chi connectivity index (χ1v) is 7.69. The fourth-order valence-electron chi connectivity index (χ4n) is 3.05. The summed E-state index contributed by atoms with van der Waals surface area (Å²) >= 11 is 0. The standard InChI is InChI=1S/C16H21NO3.CH4O/c1-16(2)19-11-14(20-16)15(18)17-10-6-9-13(17)12-7-4-3-5-8-12;1-2/h3-5,7-8,13-14H,6,9-11H2,1-2H3;2H,1H3/t13?,14-;/m1./s1. The number of ether oxygens (including phenoxy) is 2. The quantitative estimate of drug-likeness (QED) is 0.909. The molecule has 1 amide bonds. The molecule has 1 unspecified atom stereocenters. The summed E-state index contributed by atoms with van der Waals surface area (Å²) in [4.78, 5) is 14.6. The zero-order chi connectivity index (χ0) is 16.2. The number of carbonyl (C=O) groups excluding carboxylic acids is 1. The molecule has 2 aliphatic heterocycles. The van der Waals surface area contributed by atoms with Gasteiger partial charge in [-0.25, -0.2) is 0 Å². The number of benzene rings is 1. The molecule has 2 atom stereocenters. The van der Waals surface area contributed by atoms with E-state index in [0.29, 0.717) is 6.61 Å². The maximum atomic E-state index is 12.6. The molecule has 5 nitrogen and oxygen atoms in total. The molecule has 122 valence electrons. The second kappa shape index (κ2) is 7.22. The third-order valence-electron chi connectivity index (χ3n) is 4.00. The van der Waals surface area contributed by atoms with Crippen molar-refractivity contribution in [1.82, 2.24) is 4.90 Å². The number of rotatable bonds is 2. The highest BCUT2D eigenvalue weighted by Gasteiger charge is 2.41. The second-order valence-corrected chi connectivity index (χ2v) is 5.92. The van der Waals surface area contributed by atoms with Crippen LogP contribution >= 0.6 is 0 Å². The molecule has 2 heterocycles. The molecule has 2 fully saturated rings. The number of likely N-dealkylation sites (tertiary alicyclic amines) is 1. The van der Waals surface area contributed by atoms with Crippen LogP contribution in [0, 0.1) is 0 Å². The first-order chi connectivity index (χ1) is 10.6. The van der Waals surface area contributed by atoms with Crippen molar-refractivity contribution < 1.29 is 19.4 Å². The average Bonchev–Trinajstić information content (AvgIpc) is 3.16. The van der Waals surface area contributed by atoms with Gasteiger partial charge in [-0.1, -0.05) is 30.3 Å². The summed E-state index contributed by atoms with van der Waals surface area (Å²) in [5.74, 6) is -0.593. The molecule has 0 aromatic heterocycles. The van der Waals surface area contributed by atoms with Crippen LogP contribution in [0.5, 0.6) is 0 Å². The number of nitrogens with zero attached hydrogens (tertiary/aromatic N) is 1. The summed E-state index contributed by atoms with van der Waals surface area (Å²) in [6.45, 7) is 4.85. The fraction of sp³-hybridized carbons (Fsp3) is 0.588. The Morgan fingerprint density at radius 3 is 2.55 bits per heavy atom. The first-order valence-electron chi connectivity index (χ1n) is 7.69. The van der Waals surface area contributed by atoms with Crippen molar-refractivity contribution in [2.45, 2.75) is 44.6 Å². The molecule has 0 spiro atoms. The molecular weight excluding hydrogens is 282 g/mol. The largest absolute Gasteiger partial charge is 0.400 e. The predicted molar refractivity (Wildman–Crippen MR) is 83.2 cm³/mol. The minimum Gasteiger partial charge on any atom is -0.400 e. The average molecular weight is 307 g/mol. The minimum atomic E-state index is -0.651. The van der Waals surface area contributed by atoms with E-state index in [4.69, 9.17) is 14.6 Å². The molecule has 0 radical (unpaired) electrons. The van der Waals surface area contributed by atoms with Gasteiger partial charge in [-0.15, -0.1) is 0 Å². The van der Waals surface area contributed by atoms with Crippen LogP contribution in [-0.4, -0.2) is 48.1 Å². The zero-order valence-electron chi connectivity index (χ0n) is 13.5. The van der Waals surface area contributed by atoms with Gasteiger partial charge in [-0.2, -0.15) is 0 Å². The molecule has 1 aromatic carbocycles. The van der Waals surface area contributed by atoms with E-state index in [2.05, 4.69) is 12.1 Å². The van der Waals surface area contributed by atoms with Gasteiger partial charge in [0.1, 0.15) is 0 Å². The highest BCUT2D eigenvalue weighted by atomic mass is 16.7. The van der Waals surface area contributed by atoms with Crippen molar-refractivity contribution in [1.29, 1.82) is 0 Å². The lowest BCUT2D eigenvalue weighted by Crippen LogP contribution is -2.40. The topological polar surface area (TPSA) is 59.0 Å². The molecule has 3 rings (SSSR count). The van der Waals surface area contributed by atoms with E-state index in [-0.39, 0.29) is 11.9 Å². The van der Waals surface area contributed by atoms with E-state index in [1.54, 1.807) is 0 Å². The van der Waals surface area contributed by atoms with E-state index in [0.717, 1.165) is 26.5 Å². The van der Waals surface area contributed by atoms with Crippen LogP contribution in [0.3, 0.4) is 0 Å². The molecule has 5 heteroatoms. The minimum absolute atomic E-state index is 0.0573. The van der Waals surface area contributed by atoms with Crippen molar-refractivity contribution in [2.75, 3.05) is 20.3 Å². The van der Waals surface area contributed by atoms with Crippen molar-refractivity contribution in [3.8, 4) is 0 Å². The predicted octanol–water partition coefficient (Wildman–Crippen LogP) is 2.11. The van der Waals surface area contributed by atoms with Crippen LogP contribution in [0.1, 0.15) is 38.3 Å². The molecule has 2 saturated heterocycles. The summed E-state index contributed by atoms with van der Waals surface area (Å²) in [6.07, 6.45) is 1.60. The van der Waals surface area contributed by atoms with Crippen LogP contribution in [0.15, 0.2) is 30.3 Å². The number of aliphatic hydroxyl groups is 1. The maximum Gasteiger partial charge on any atom is 0.254 e. The van der Waals surface area contributed by atoms with E-state index in [1.165, 1.54) is 5.56 Å². The maximum absolute atomic E-state index is 12.6. The molecule has 1 aromatic rings. The van der Waals surface area contributed by atoms with Crippen LogP contribution < -0.4 is 0 Å². The summed E-state index contributed by atoms with van der Waals surface area (Å²) in [5, 5.41) is 7.00. The Morgan fingerprint density at radius 2 is 1.95 bits per heavy atom. The summed E-state index contributed by atoms with van der Waals surface area (Å²) < 4.78 is 11.2. The third-order valence-corrected chi connectivity index (χ3v) is 4.00. The Balaban J connectivity index is 0.000000847. The van der Waals surface area contributed by atoms with Gasteiger partial charge in [-0.05, 0) is 32.3 Å². The normalized spacial score (nSPS) is 26.5. The van der Waals surface area contributed by atoms with Gasteiger partial charge in [0.05, 0.1) is 12.6 Å². The smallest absolute Gasteiger partial charge is 0.254 e. The van der Waals surface area contributed by atoms with Gasteiger partial charge in [0, 0.05) is 13.7 Å². The van der Waals surface area contributed by atoms with Crippen LogP contribution in [0.4, 0.5) is 0 Å². The third kappa shape index (κ3) is 3.66. The van der Waals surface area contributed by atoms with E-state index in [1.807, 2.05) is 36.9 Å². The molecular formula is C17H25NO4. The van der Waals surface area contributed by atoms with Crippen molar-refractivity contribution >= 4 is 5.91 Å². The van der Waals surface area contributed by atoms with Gasteiger partial charge in [0.15, 0.2) is 11.9 Å². The Labute approximate surface area is 131 Å². The van der Waals surface area contributed by atoms with Crippen LogP contribution in [0.25, 0.3) is 0 Å². The summed E-state index contributed by atoms with van der Waals surface area (Å²) in [7, 11) is 1.00. The SMILES string of the molecule is CC1(C)OC[C@H](C(=O)N2CCCC2c2ccccc2)O1.CO. The Kier molecular flexibility index (Phi) is 5.56. The molecule has 0 aliphatic carbocycles. The second-order valence-electron chi connectivity index (χ2n) is 5.92. The lowest BCUT2D eigenvalue weighted by Gasteiger charge is -2.27. The molecule has 22 heavy (non-hydrogen) atoms. The summed E-state index contributed by atoms with van der Waals surface area (Å²) in [5.41, 5.74) is 1.21. The van der Waals surface area contributed by atoms with Crippen LogP contribution in [0.2, 0.25) is 0 Å². The summed E-state index contributed by atoms with van der Waals surface area (Å²) in [6, 6.07) is 10.4. The first kappa shape index (κ1) is 16.9. The fourth-order valence-corrected chi connectivity index (χ4v) is 3.05.